The highest BCUT2D eigenvalue weighted by molar-refractivity contribution is 5.33. The van der Waals surface area contributed by atoms with Gasteiger partial charge in [-0.2, -0.15) is 0 Å². The van der Waals surface area contributed by atoms with Gasteiger partial charge in [0, 0.05) is 18.9 Å². The van der Waals surface area contributed by atoms with Gasteiger partial charge in [0.15, 0.2) is 5.95 Å². The van der Waals surface area contributed by atoms with Crippen LogP contribution in [-0.2, 0) is 6.54 Å². The summed E-state index contributed by atoms with van der Waals surface area (Å²) in [6.07, 6.45) is 3.55. The highest BCUT2D eigenvalue weighted by Crippen LogP contribution is 2.10. The average molecular weight is 201 g/mol. The van der Waals surface area contributed by atoms with Gasteiger partial charge in [0.1, 0.15) is 0 Å². The molecule has 15 heavy (non-hydrogen) atoms. The molecule has 0 aliphatic heterocycles. The largest absolute Gasteiger partial charge is 0.352 e. The molecule has 0 aliphatic carbocycles. The molecule has 0 saturated carbocycles. The molecule has 0 fully saturated rings. The smallest absolute Gasteiger partial charge is 0.200 e. The van der Waals surface area contributed by atoms with Gasteiger partial charge in [-0.05, 0) is 30.5 Å². The number of aromatic nitrogens is 2. The number of rotatable bonds is 3. The van der Waals surface area contributed by atoms with Gasteiger partial charge < -0.3 is 10.3 Å². The fourth-order valence-electron chi connectivity index (χ4n) is 1.46. The third kappa shape index (κ3) is 2.37. The standard InChI is InChI=1S/C12H15N3/c1-9-3-4-11(7-10(9)2)8-15-12-13-5-6-14-12/h3-7H,8H2,1-2H3,(H2,13,14,15). The fourth-order valence-corrected chi connectivity index (χ4v) is 1.46. The van der Waals surface area contributed by atoms with E-state index in [9.17, 15) is 0 Å². The number of hydrogen-bond acceptors (Lipinski definition) is 2. The third-order valence-corrected chi connectivity index (χ3v) is 2.53. The van der Waals surface area contributed by atoms with E-state index >= 15 is 0 Å². The minimum absolute atomic E-state index is 0.800. The summed E-state index contributed by atoms with van der Waals surface area (Å²) in [5, 5.41) is 3.22. The maximum Gasteiger partial charge on any atom is 0.200 e. The first-order valence-electron chi connectivity index (χ1n) is 5.05. The molecule has 78 valence electrons. The van der Waals surface area contributed by atoms with Gasteiger partial charge in [-0.15, -0.1) is 0 Å². The zero-order valence-corrected chi connectivity index (χ0v) is 9.04. The number of nitrogens with one attached hydrogen (secondary N) is 2. The summed E-state index contributed by atoms with van der Waals surface area (Å²) >= 11 is 0. The number of nitrogens with zero attached hydrogens (tertiary/aromatic N) is 1. The molecule has 0 aliphatic rings. The molecule has 3 nitrogen and oxygen atoms in total. The van der Waals surface area contributed by atoms with Gasteiger partial charge in [-0.25, -0.2) is 4.98 Å². The predicted molar refractivity (Wildman–Crippen MR) is 61.8 cm³/mol. The zero-order valence-electron chi connectivity index (χ0n) is 9.04. The van der Waals surface area contributed by atoms with Crippen molar-refractivity contribution in [3.63, 3.8) is 0 Å². The summed E-state index contributed by atoms with van der Waals surface area (Å²) in [7, 11) is 0. The zero-order chi connectivity index (χ0) is 10.7. The van der Waals surface area contributed by atoms with E-state index in [0.717, 1.165) is 12.5 Å². The molecular weight excluding hydrogens is 186 g/mol. The number of anilines is 1. The quantitative estimate of drug-likeness (QED) is 0.801. The molecule has 0 unspecified atom stereocenters. The number of aryl methyl sites for hydroxylation is 2. The van der Waals surface area contributed by atoms with Crippen LogP contribution in [0.3, 0.4) is 0 Å². The molecule has 0 bridgehead atoms. The molecule has 3 heteroatoms. The maximum atomic E-state index is 4.10. The molecule has 0 spiro atoms. The highest BCUT2D eigenvalue weighted by Gasteiger charge is 1.97. The number of hydrogen-bond donors (Lipinski definition) is 2. The fraction of sp³-hybridized carbons (Fsp3) is 0.250. The summed E-state index contributed by atoms with van der Waals surface area (Å²) < 4.78 is 0. The van der Waals surface area contributed by atoms with Crippen molar-refractivity contribution < 1.29 is 0 Å². The normalized spacial score (nSPS) is 10.3. The Morgan fingerprint density at radius 2 is 2.13 bits per heavy atom. The Labute approximate surface area is 89.6 Å². The molecule has 2 rings (SSSR count). The van der Waals surface area contributed by atoms with E-state index in [4.69, 9.17) is 0 Å². The van der Waals surface area contributed by atoms with Gasteiger partial charge in [0.05, 0.1) is 0 Å². The van der Waals surface area contributed by atoms with Crippen LogP contribution in [0.5, 0.6) is 0 Å². The summed E-state index contributed by atoms with van der Waals surface area (Å²) in [5.41, 5.74) is 3.93. The van der Waals surface area contributed by atoms with Crippen LogP contribution in [0.2, 0.25) is 0 Å². The average Bonchev–Trinajstić information content (AvgIpc) is 2.73. The van der Waals surface area contributed by atoms with E-state index in [-0.39, 0.29) is 0 Å². The number of H-pyrrole nitrogens is 1. The summed E-state index contributed by atoms with van der Waals surface area (Å²) in [5.74, 6) is 0.813. The van der Waals surface area contributed by atoms with E-state index < -0.39 is 0 Å². The van der Waals surface area contributed by atoms with Crippen molar-refractivity contribution in [2.75, 3.05) is 5.32 Å². The molecule has 0 radical (unpaired) electrons. The Morgan fingerprint density at radius 1 is 1.27 bits per heavy atom. The first-order chi connectivity index (χ1) is 7.25. The van der Waals surface area contributed by atoms with E-state index in [2.05, 4.69) is 47.3 Å². The Hall–Kier alpha value is -1.77. The molecular formula is C12H15N3. The van der Waals surface area contributed by atoms with Gasteiger partial charge >= 0.3 is 0 Å². The number of imidazole rings is 1. The van der Waals surface area contributed by atoms with Crippen molar-refractivity contribution in [2.45, 2.75) is 20.4 Å². The lowest BCUT2D eigenvalue weighted by molar-refractivity contribution is 1.08. The predicted octanol–water partition coefficient (Wildman–Crippen LogP) is 2.64. The lowest BCUT2D eigenvalue weighted by atomic mass is 10.1. The van der Waals surface area contributed by atoms with Crippen LogP contribution in [0.1, 0.15) is 16.7 Å². The van der Waals surface area contributed by atoms with Crippen molar-refractivity contribution in [3.05, 3.63) is 47.3 Å². The van der Waals surface area contributed by atoms with Crippen LogP contribution < -0.4 is 5.32 Å². The first kappa shape index (κ1) is 9.77. The summed E-state index contributed by atoms with van der Waals surface area (Å²) in [6.45, 7) is 5.05. The number of aromatic amines is 1. The van der Waals surface area contributed by atoms with Gasteiger partial charge in [0.2, 0.25) is 0 Å². The minimum Gasteiger partial charge on any atom is -0.352 e. The van der Waals surface area contributed by atoms with E-state index in [1.54, 1.807) is 6.20 Å². The van der Waals surface area contributed by atoms with E-state index in [1.165, 1.54) is 16.7 Å². The number of benzene rings is 1. The topological polar surface area (TPSA) is 40.7 Å². The van der Waals surface area contributed by atoms with E-state index in [0.29, 0.717) is 0 Å². The van der Waals surface area contributed by atoms with Crippen LogP contribution in [-0.4, -0.2) is 9.97 Å². The molecule has 0 amide bonds. The summed E-state index contributed by atoms with van der Waals surface area (Å²) in [6, 6.07) is 6.48. The molecule has 1 aromatic carbocycles. The third-order valence-electron chi connectivity index (χ3n) is 2.53. The molecule has 2 N–H and O–H groups in total. The summed E-state index contributed by atoms with van der Waals surface area (Å²) in [4.78, 5) is 7.12. The lowest BCUT2D eigenvalue weighted by Crippen LogP contribution is -2.01. The minimum atomic E-state index is 0.800. The van der Waals surface area contributed by atoms with Gasteiger partial charge in [-0.1, -0.05) is 18.2 Å². The highest BCUT2D eigenvalue weighted by atomic mass is 15.1. The monoisotopic (exact) mass is 201 g/mol. The maximum absolute atomic E-state index is 4.10. The second-order valence-corrected chi connectivity index (χ2v) is 3.71. The second-order valence-electron chi connectivity index (χ2n) is 3.71. The van der Waals surface area contributed by atoms with Crippen molar-refractivity contribution in [1.29, 1.82) is 0 Å². The van der Waals surface area contributed by atoms with Crippen LogP contribution in [0.15, 0.2) is 30.6 Å². The van der Waals surface area contributed by atoms with Crippen molar-refractivity contribution in [3.8, 4) is 0 Å². The molecule has 0 atom stereocenters. The molecule has 1 heterocycles. The van der Waals surface area contributed by atoms with Gasteiger partial charge in [0.25, 0.3) is 0 Å². The van der Waals surface area contributed by atoms with Crippen molar-refractivity contribution in [1.82, 2.24) is 9.97 Å². The van der Waals surface area contributed by atoms with Crippen LogP contribution in [0.4, 0.5) is 5.95 Å². The SMILES string of the molecule is Cc1ccc(CNc2ncc[nH]2)cc1C. The van der Waals surface area contributed by atoms with Crippen molar-refractivity contribution in [2.24, 2.45) is 0 Å². The molecule has 0 saturated heterocycles. The van der Waals surface area contributed by atoms with Crippen LogP contribution >= 0.6 is 0 Å². The Balaban J connectivity index is 2.02. The molecule has 1 aromatic heterocycles. The van der Waals surface area contributed by atoms with E-state index in [1.807, 2.05) is 6.20 Å². The van der Waals surface area contributed by atoms with Gasteiger partial charge in [-0.3, -0.25) is 0 Å². The molecule has 2 aromatic rings. The van der Waals surface area contributed by atoms with Crippen LogP contribution in [0, 0.1) is 13.8 Å². The Bertz CT molecular complexity index is 432. The van der Waals surface area contributed by atoms with Crippen molar-refractivity contribution >= 4 is 5.95 Å². The first-order valence-corrected chi connectivity index (χ1v) is 5.05. The Kier molecular flexibility index (Phi) is 2.72. The van der Waals surface area contributed by atoms with Crippen LogP contribution in [0.25, 0.3) is 0 Å². The lowest BCUT2D eigenvalue weighted by Gasteiger charge is -2.06. The second kappa shape index (κ2) is 4.17. The Morgan fingerprint density at radius 3 is 2.80 bits per heavy atom.